The molecule has 4 amide bonds. The van der Waals surface area contributed by atoms with Crippen molar-refractivity contribution in [3.63, 3.8) is 0 Å². The third-order valence-electron chi connectivity index (χ3n) is 10.6. The van der Waals surface area contributed by atoms with Crippen LogP contribution in [-0.2, 0) is 45.0 Å². The second-order valence-corrected chi connectivity index (χ2v) is 15.4. The Morgan fingerprint density at radius 2 is 1.08 bits per heavy atom. The van der Waals surface area contributed by atoms with E-state index in [1.54, 1.807) is 35.4 Å². The molecule has 20 heteroatoms. The first-order chi connectivity index (χ1) is 28.5. The highest BCUT2D eigenvalue weighted by molar-refractivity contribution is 5.90. The highest BCUT2D eigenvalue weighted by Gasteiger charge is 2.43. The third-order valence-corrected chi connectivity index (χ3v) is 10.6. The van der Waals surface area contributed by atoms with Gasteiger partial charge in [-0.25, -0.2) is 46.9 Å². The Labute approximate surface area is 341 Å². The molecular weight excluding hydrogens is 796 g/mol. The quantitative estimate of drug-likeness (QED) is 0.201. The van der Waals surface area contributed by atoms with Gasteiger partial charge in [-0.3, -0.25) is 9.59 Å². The first kappa shape index (κ1) is 41.8. The summed E-state index contributed by atoms with van der Waals surface area (Å²) in [5.74, 6) is 0.964. The van der Waals surface area contributed by atoms with Gasteiger partial charge in [0.2, 0.25) is 11.8 Å². The number of amides is 4. The van der Waals surface area contributed by atoms with E-state index < -0.39 is 37.1 Å². The fraction of sp³-hybridized carbons (Fsp3) is 0.450. The fourth-order valence-electron chi connectivity index (χ4n) is 7.44. The van der Waals surface area contributed by atoms with E-state index in [9.17, 15) is 36.7 Å². The molecule has 320 valence electrons. The minimum atomic E-state index is -2.75. The average Bonchev–Trinajstić information content (AvgIpc) is 3.94. The largest absolute Gasteiger partial charge is 0.488 e. The van der Waals surface area contributed by atoms with Crippen LogP contribution in [0.15, 0.2) is 48.8 Å². The van der Waals surface area contributed by atoms with Crippen LogP contribution in [-0.4, -0.2) is 93.5 Å². The van der Waals surface area contributed by atoms with E-state index in [4.69, 9.17) is 30.4 Å². The number of ether oxygens (including phenoxy) is 4. The number of aromatic nitrogens is 4. The number of cyclic esters (lactones) is 2. The summed E-state index contributed by atoms with van der Waals surface area (Å²) < 4.78 is 78.6. The number of imidazole rings is 2. The van der Waals surface area contributed by atoms with Crippen molar-refractivity contribution in [2.75, 3.05) is 23.0 Å². The van der Waals surface area contributed by atoms with Crippen LogP contribution < -0.4 is 30.7 Å². The van der Waals surface area contributed by atoms with Crippen molar-refractivity contribution in [3.8, 4) is 34.3 Å². The molecule has 0 unspecified atom stereocenters. The molecule has 2 aromatic carbocycles. The van der Waals surface area contributed by atoms with Crippen molar-refractivity contribution < 1.29 is 55.7 Å². The van der Waals surface area contributed by atoms with Crippen LogP contribution in [0.4, 0.5) is 38.8 Å². The maximum atomic E-state index is 13.3. The molecule has 4 aromatic rings. The number of primary amides is 2. The zero-order valence-electron chi connectivity index (χ0n) is 33.1. The fourth-order valence-corrected chi connectivity index (χ4v) is 7.44. The first-order valence-corrected chi connectivity index (χ1v) is 19.3. The highest BCUT2D eigenvalue weighted by Crippen LogP contribution is 2.39. The standard InChI is InChI=1S/2C20H22F2N4O4/c2*1-10(18(23)27)5-12-3-4-13-15(6-12)30-11(2)7-25-8-16(24-19(13)25)26-14(17(21)22)9-29-20(26)28/h2*3-4,6,8,10-11,14,17H,5,7,9H2,1-2H3,(H2,23,27)/t10-,11+,14+;10-,11-,14+/m11/s1. The average molecular weight is 841 g/mol. The van der Waals surface area contributed by atoms with Crippen molar-refractivity contribution in [2.45, 2.75) is 90.8 Å². The second kappa shape index (κ2) is 16.7. The van der Waals surface area contributed by atoms with Gasteiger partial charge >= 0.3 is 12.2 Å². The number of benzene rings is 2. The van der Waals surface area contributed by atoms with Crippen LogP contribution >= 0.6 is 0 Å². The number of halogens is 4. The van der Waals surface area contributed by atoms with Gasteiger partial charge in [0.15, 0.2) is 11.6 Å². The van der Waals surface area contributed by atoms with Gasteiger partial charge in [0.25, 0.3) is 12.9 Å². The maximum absolute atomic E-state index is 13.3. The summed E-state index contributed by atoms with van der Waals surface area (Å²) in [5, 5.41) is 0. The van der Waals surface area contributed by atoms with Crippen LogP contribution in [0.25, 0.3) is 22.8 Å². The number of rotatable bonds is 10. The van der Waals surface area contributed by atoms with Crippen LogP contribution in [0.1, 0.15) is 38.8 Å². The smallest absolute Gasteiger partial charge is 0.416 e. The lowest BCUT2D eigenvalue weighted by Gasteiger charge is -2.18. The van der Waals surface area contributed by atoms with Gasteiger partial charge in [-0.1, -0.05) is 26.0 Å². The molecule has 4 aliphatic rings. The highest BCUT2D eigenvalue weighted by atomic mass is 19.3. The van der Waals surface area contributed by atoms with Crippen molar-refractivity contribution in [1.82, 2.24) is 19.1 Å². The molecule has 0 bridgehead atoms. The lowest BCUT2D eigenvalue weighted by molar-refractivity contribution is -0.122. The maximum Gasteiger partial charge on any atom is 0.416 e. The lowest BCUT2D eigenvalue weighted by Crippen LogP contribution is -2.38. The van der Waals surface area contributed by atoms with E-state index in [0.717, 1.165) is 20.9 Å². The molecule has 60 heavy (non-hydrogen) atoms. The van der Waals surface area contributed by atoms with E-state index in [-0.39, 0.29) is 60.7 Å². The summed E-state index contributed by atoms with van der Waals surface area (Å²) in [6.45, 7) is 7.35. The van der Waals surface area contributed by atoms with E-state index in [0.29, 0.717) is 60.2 Å². The molecule has 0 spiro atoms. The molecule has 2 saturated heterocycles. The Morgan fingerprint density at radius 3 is 1.43 bits per heavy atom. The normalized spacial score (nSPS) is 21.5. The second-order valence-electron chi connectivity index (χ2n) is 15.4. The van der Waals surface area contributed by atoms with Gasteiger partial charge in [0.05, 0.1) is 24.2 Å². The molecule has 0 radical (unpaired) electrons. The Morgan fingerprint density at radius 1 is 0.700 bits per heavy atom. The zero-order chi connectivity index (χ0) is 43.2. The lowest BCUT2D eigenvalue weighted by atomic mass is 9.99. The molecule has 8 rings (SSSR count). The van der Waals surface area contributed by atoms with Crippen molar-refractivity contribution in [2.24, 2.45) is 23.3 Å². The predicted molar refractivity (Wildman–Crippen MR) is 207 cm³/mol. The van der Waals surface area contributed by atoms with E-state index in [1.807, 2.05) is 50.2 Å². The Kier molecular flexibility index (Phi) is 11.7. The van der Waals surface area contributed by atoms with Gasteiger partial charge in [0, 0.05) is 24.2 Å². The Hall–Kier alpha value is -6.34. The SMILES string of the molecule is C[C@@H]1Cn2cc(N3C(=O)OC[C@H]3C(F)F)nc2-c2ccc(C[C@@H](C)C(N)=O)cc2O1.C[C@H](Cc1ccc2c(c1)O[C@@H](C)Cn1cc(N3C(=O)OC[C@H]3C(F)F)nc1-2)C(N)=O. The van der Waals surface area contributed by atoms with Gasteiger partial charge < -0.3 is 39.5 Å². The molecular formula is C40H44F4N8O8. The van der Waals surface area contributed by atoms with Crippen LogP contribution in [0.2, 0.25) is 0 Å². The molecule has 0 saturated carbocycles. The van der Waals surface area contributed by atoms with Gasteiger partial charge in [-0.15, -0.1) is 0 Å². The first-order valence-electron chi connectivity index (χ1n) is 19.3. The summed E-state index contributed by atoms with van der Waals surface area (Å²) >= 11 is 0. The van der Waals surface area contributed by atoms with Crippen LogP contribution in [0.5, 0.6) is 11.5 Å². The number of nitrogens with zero attached hydrogens (tertiary/aromatic N) is 6. The molecule has 2 aromatic heterocycles. The molecule has 16 nitrogen and oxygen atoms in total. The molecule has 6 atom stereocenters. The minimum absolute atomic E-state index is 0.115. The van der Waals surface area contributed by atoms with Crippen molar-refractivity contribution in [3.05, 3.63) is 59.9 Å². The number of alkyl halides is 4. The van der Waals surface area contributed by atoms with Gasteiger partial charge in [-0.05, 0) is 62.1 Å². The van der Waals surface area contributed by atoms with Gasteiger partial charge in [0.1, 0.15) is 60.7 Å². The molecule has 4 aliphatic heterocycles. The minimum Gasteiger partial charge on any atom is -0.488 e. The summed E-state index contributed by atoms with van der Waals surface area (Å²) in [5.41, 5.74) is 13.8. The number of fused-ring (bicyclic) bond motifs is 6. The molecule has 0 aliphatic carbocycles. The number of carbonyl (C=O) groups is 4. The number of carbonyl (C=O) groups excluding carboxylic acids is 4. The molecule has 2 fully saturated rings. The van der Waals surface area contributed by atoms with E-state index in [2.05, 4.69) is 9.97 Å². The van der Waals surface area contributed by atoms with E-state index in [1.165, 1.54) is 0 Å². The van der Waals surface area contributed by atoms with Gasteiger partial charge in [-0.2, -0.15) is 0 Å². The Bertz CT molecular complexity index is 2140. The van der Waals surface area contributed by atoms with Crippen LogP contribution in [0, 0.1) is 11.8 Å². The number of anilines is 2. The summed E-state index contributed by atoms with van der Waals surface area (Å²) in [7, 11) is 0. The van der Waals surface area contributed by atoms with E-state index >= 15 is 0 Å². The van der Waals surface area contributed by atoms with Crippen LogP contribution in [0.3, 0.4) is 0 Å². The van der Waals surface area contributed by atoms with Crippen molar-refractivity contribution in [1.29, 1.82) is 0 Å². The number of hydrogen-bond donors (Lipinski definition) is 2. The number of nitrogens with two attached hydrogens (primary N) is 2. The zero-order valence-corrected chi connectivity index (χ0v) is 33.1. The number of hydrogen-bond acceptors (Lipinski definition) is 10. The summed E-state index contributed by atoms with van der Waals surface area (Å²) in [6.07, 6.45) is -3.57. The predicted octanol–water partition coefficient (Wildman–Crippen LogP) is 5.17. The van der Waals surface area contributed by atoms with Crippen molar-refractivity contribution >= 4 is 35.6 Å². The third kappa shape index (κ3) is 8.40. The Balaban J connectivity index is 0.000000181. The summed E-state index contributed by atoms with van der Waals surface area (Å²) in [4.78, 5) is 57.6. The molecule has 4 N–H and O–H groups in total. The molecule has 6 heterocycles. The monoisotopic (exact) mass is 840 g/mol. The topological polar surface area (TPSA) is 199 Å². The summed E-state index contributed by atoms with van der Waals surface area (Å²) in [6, 6.07) is 8.25.